The SMILES string of the molecule is COC(=O)[C@H](Cc1ccc(OC)c(OC)c1)N=Cc1ccc(Cl)cc1Cl. The van der Waals surface area contributed by atoms with Crippen LogP contribution in [0.25, 0.3) is 0 Å². The Morgan fingerprint density at radius 2 is 1.81 bits per heavy atom. The van der Waals surface area contributed by atoms with Gasteiger partial charge in [0.25, 0.3) is 0 Å². The maximum absolute atomic E-state index is 12.1. The van der Waals surface area contributed by atoms with Gasteiger partial charge in [-0.1, -0.05) is 35.3 Å². The van der Waals surface area contributed by atoms with Crippen molar-refractivity contribution in [2.24, 2.45) is 4.99 Å². The molecular formula is C19H19Cl2NO4. The number of rotatable bonds is 7. The van der Waals surface area contributed by atoms with Crippen LogP contribution in [0.5, 0.6) is 11.5 Å². The van der Waals surface area contributed by atoms with Gasteiger partial charge in [-0.15, -0.1) is 0 Å². The Morgan fingerprint density at radius 1 is 1.08 bits per heavy atom. The van der Waals surface area contributed by atoms with Gasteiger partial charge >= 0.3 is 5.97 Å². The van der Waals surface area contributed by atoms with Gasteiger partial charge in [0.05, 0.1) is 26.4 Å². The first-order chi connectivity index (χ1) is 12.5. The summed E-state index contributed by atoms with van der Waals surface area (Å²) in [6.07, 6.45) is 1.88. The van der Waals surface area contributed by atoms with Crippen LogP contribution in [0.1, 0.15) is 11.1 Å². The highest BCUT2D eigenvalue weighted by molar-refractivity contribution is 6.36. The molecule has 0 aliphatic carbocycles. The largest absolute Gasteiger partial charge is 0.493 e. The molecule has 0 unspecified atom stereocenters. The molecule has 0 radical (unpaired) electrons. The molecule has 2 rings (SSSR count). The Morgan fingerprint density at radius 3 is 2.42 bits per heavy atom. The summed E-state index contributed by atoms with van der Waals surface area (Å²) in [5, 5.41) is 0.984. The van der Waals surface area contributed by atoms with Crippen LogP contribution in [-0.4, -0.2) is 39.6 Å². The van der Waals surface area contributed by atoms with E-state index in [1.54, 1.807) is 50.8 Å². The zero-order valence-electron chi connectivity index (χ0n) is 14.7. The number of aliphatic imine (C=N–C) groups is 1. The van der Waals surface area contributed by atoms with Crippen molar-refractivity contribution in [1.29, 1.82) is 0 Å². The van der Waals surface area contributed by atoms with Gasteiger partial charge in [-0.2, -0.15) is 0 Å². The Bertz CT molecular complexity index is 808. The third-order valence-corrected chi connectivity index (χ3v) is 4.27. The lowest BCUT2D eigenvalue weighted by Gasteiger charge is -2.13. The van der Waals surface area contributed by atoms with Crippen LogP contribution in [0.2, 0.25) is 10.0 Å². The summed E-state index contributed by atoms with van der Waals surface area (Å²) in [7, 11) is 4.45. The van der Waals surface area contributed by atoms with Gasteiger partial charge in [-0.25, -0.2) is 4.79 Å². The molecule has 2 aromatic carbocycles. The molecule has 0 fully saturated rings. The van der Waals surface area contributed by atoms with E-state index < -0.39 is 12.0 Å². The van der Waals surface area contributed by atoms with E-state index in [4.69, 9.17) is 37.4 Å². The summed E-state index contributed by atoms with van der Waals surface area (Å²) in [6, 6.07) is 9.77. The molecule has 0 saturated heterocycles. The minimum absolute atomic E-state index is 0.342. The highest BCUT2D eigenvalue weighted by Crippen LogP contribution is 2.28. The zero-order valence-corrected chi connectivity index (χ0v) is 16.2. The number of carbonyl (C=O) groups excluding carboxylic acids is 1. The van der Waals surface area contributed by atoms with Gasteiger partial charge in [-0.05, 0) is 29.8 Å². The first-order valence-electron chi connectivity index (χ1n) is 7.75. The van der Waals surface area contributed by atoms with Crippen molar-refractivity contribution in [2.45, 2.75) is 12.5 Å². The molecule has 0 saturated carbocycles. The van der Waals surface area contributed by atoms with Crippen molar-refractivity contribution < 1.29 is 19.0 Å². The van der Waals surface area contributed by atoms with Crippen LogP contribution >= 0.6 is 23.2 Å². The van der Waals surface area contributed by atoms with Crippen molar-refractivity contribution in [3.05, 3.63) is 57.6 Å². The molecule has 138 valence electrons. The Labute approximate surface area is 162 Å². The fourth-order valence-corrected chi connectivity index (χ4v) is 2.80. The van der Waals surface area contributed by atoms with Crippen molar-refractivity contribution in [1.82, 2.24) is 0 Å². The van der Waals surface area contributed by atoms with E-state index in [1.807, 2.05) is 6.07 Å². The lowest BCUT2D eigenvalue weighted by Crippen LogP contribution is -2.23. The number of hydrogen-bond donors (Lipinski definition) is 0. The molecule has 0 aromatic heterocycles. The molecule has 0 bridgehead atoms. The third kappa shape index (κ3) is 5.13. The average molecular weight is 396 g/mol. The second-order valence-electron chi connectivity index (χ2n) is 5.38. The normalized spacial score (nSPS) is 12.0. The minimum atomic E-state index is -0.718. The number of ether oxygens (including phenoxy) is 3. The van der Waals surface area contributed by atoms with Crippen molar-refractivity contribution >= 4 is 35.4 Å². The molecule has 0 aliphatic rings. The number of carbonyl (C=O) groups is 1. The van der Waals surface area contributed by atoms with Crippen molar-refractivity contribution in [3.63, 3.8) is 0 Å². The Kier molecular flexibility index (Phi) is 7.30. The van der Waals surface area contributed by atoms with Crippen LogP contribution in [0.4, 0.5) is 0 Å². The van der Waals surface area contributed by atoms with Crippen molar-refractivity contribution in [2.75, 3.05) is 21.3 Å². The summed E-state index contributed by atoms with van der Waals surface area (Å²) in [4.78, 5) is 16.5. The summed E-state index contributed by atoms with van der Waals surface area (Å²) in [5.41, 5.74) is 1.52. The summed E-state index contributed by atoms with van der Waals surface area (Å²) in [6.45, 7) is 0. The van der Waals surface area contributed by atoms with Gasteiger partial charge in [0, 0.05) is 23.2 Å². The molecule has 0 aliphatic heterocycles. The molecule has 0 N–H and O–H groups in total. The maximum Gasteiger partial charge on any atom is 0.330 e. The lowest BCUT2D eigenvalue weighted by atomic mass is 10.1. The van der Waals surface area contributed by atoms with E-state index in [1.165, 1.54) is 7.11 Å². The molecule has 2 aromatic rings. The minimum Gasteiger partial charge on any atom is -0.493 e. The second kappa shape index (κ2) is 9.46. The maximum atomic E-state index is 12.1. The number of hydrogen-bond acceptors (Lipinski definition) is 5. The fraction of sp³-hybridized carbons (Fsp3) is 0.263. The van der Waals surface area contributed by atoms with E-state index in [0.29, 0.717) is 33.5 Å². The molecular weight excluding hydrogens is 377 g/mol. The van der Waals surface area contributed by atoms with Crippen LogP contribution in [0.3, 0.4) is 0 Å². The van der Waals surface area contributed by atoms with Crippen LogP contribution in [-0.2, 0) is 16.0 Å². The van der Waals surface area contributed by atoms with Gasteiger partial charge in [0.1, 0.15) is 0 Å². The summed E-state index contributed by atoms with van der Waals surface area (Å²) >= 11 is 12.0. The summed E-state index contributed by atoms with van der Waals surface area (Å²) in [5.74, 6) is 0.752. The van der Waals surface area contributed by atoms with Gasteiger partial charge in [0.2, 0.25) is 0 Å². The molecule has 7 heteroatoms. The first kappa shape index (κ1) is 20.1. The van der Waals surface area contributed by atoms with E-state index in [9.17, 15) is 4.79 Å². The van der Waals surface area contributed by atoms with Gasteiger partial charge < -0.3 is 14.2 Å². The number of benzene rings is 2. The van der Waals surface area contributed by atoms with Gasteiger partial charge in [0.15, 0.2) is 17.5 Å². The topological polar surface area (TPSA) is 57.1 Å². The number of halogens is 2. The van der Waals surface area contributed by atoms with Crippen LogP contribution in [0.15, 0.2) is 41.4 Å². The van der Waals surface area contributed by atoms with Gasteiger partial charge in [-0.3, -0.25) is 4.99 Å². The molecule has 1 atom stereocenters. The average Bonchev–Trinajstić information content (AvgIpc) is 2.65. The molecule has 0 amide bonds. The zero-order chi connectivity index (χ0) is 19.1. The summed E-state index contributed by atoms with van der Waals surface area (Å²) < 4.78 is 15.4. The predicted octanol–water partition coefficient (Wildman–Crippen LogP) is 4.21. The Hall–Kier alpha value is -2.24. The molecule has 5 nitrogen and oxygen atoms in total. The molecule has 0 spiro atoms. The molecule has 0 heterocycles. The number of nitrogens with zero attached hydrogens (tertiary/aromatic N) is 1. The van der Waals surface area contributed by atoms with E-state index >= 15 is 0 Å². The van der Waals surface area contributed by atoms with E-state index in [-0.39, 0.29) is 0 Å². The standard InChI is InChI=1S/C19H19Cl2NO4/c1-24-17-7-4-12(9-18(17)25-2)8-16(19(23)26-3)22-11-13-5-6-14(20)10-15(13)21/h4-7,9-11,16H,8H2,1-3H3/t16-/m0/s1. The predicted molar refractivity (Wildman–Crippen MR) is 103 cm³/mol. The first-order valence-corrected chi connectivity index (χ1v) is 8.51. The monoisotopic (exact) mass is 395 g/mol. The third-order valence-electron chi connectivity index (χ3n) is 3.71. The molecule has 26 heavy (non-hydrogen) atoms. The smallest absolute Gasteiger partial charge is 0.330 e. The highest BCUT2D eigenvalue weighted by atomic mass is 35.5. The quantitative estimate of drug-likeness (QED) is 0.520. The fourth-order valence-electron chi connectivity index (χ4n) is 2.34. The number of esters is 1. The van der Waals surface area contributed by atoms with Crippen molar-refractivity contribution in [3.8, 4) is 11.5 Å². The Balaban J connectivity index is 2.25. The lowest BCUT2D eigenvalue weighted by molar-refractivity contribution is -0.142. The highest BCUT2D eigenvalue weighted by Gasteiger charge is 2.19. The van der Waals surface area contributed by atoms with E-state index in [2.05, 4.69) is 4.99 Å². The van der Waals surface area contributed by atoms with Crippen LogP contribution in [0, 0.1) is 0 Å². The second-order valence-corrected chi connectivity index (χ2v) is 6.22. The number of methoxy groups -OCH3 is 3. The van der Waals surface area contributed by atoms with Crippen LogP contribution < -0.4 is 9.47 Å². The van der Waals surface area contributed by atoms with E-state index in [0.717, 1.165) is 5.56 Å².